The van der Waals surface area contributed by atoms with Gasteiger partial charge >= 0.3 is 0 Å². The summed E-state index contributed by atoms with van der Waals surface area (Å²) in [5.41, 5.74) is 12.1. The first-order valence-corrected chi connectivity index (χ1v) is 13.4. The maximum atomic E-state index is 13.2. The second kappa shape index (κ2) is 8.95. The van der Waals surface area contributed by atoms with Crippen LogP contribution in [0, 0.1) is 0 Å². The number of rotatable bonds is 4. The van der Waals surface area contributed by atoms with Crippen LogP contribution in [0.2, 0.25) is 0 Å². The van der Waals surface area contributed by atoms with Gasteiger partial charge in [0.1, 0.15) is 5.82 Å². The van der Waals surface area contributed by atoms with E-state index in [1.165, 1.54) is 0 Å². The van der Waals surface area contributed by atoms with Crippen molar-refractivity contribution in [1.29, 1.82) is 0 Å². The van der Waals surface area contributed by atoms with Crippen LogP contribution in [0.3, 0.4) is 0 Å². The molecule has 1 aromatic carbocycles. The number of nitrogens with one attached hydrogen (secondary N) is 1. The number of nitrogens with zero attached hydrogens (tertiary/aromatic N) is 5. The van der Waals surface area contributed by atoms with Gasteiger partial charge in [0.05, 0.1) is 17.9 Å². The van der Waals surface area contributed by atoms with Gasteiger partial charge in [0, 0.05) is 52.6 Å². The number of aromatic nitrogens is 4. The van der Waals surface area contributed by atoms with Crippen LogP contribution in [0.4, 0.5) is 5.82 Å². The Labute approximate surface area is 215 Å². The minimum absolute atomic E-state index is 0.000935. The Kier molecular flexibility index (Phi) is 5.43. The number of carbonyl (C=O) groups excluding carboxylic acids is 1. The number of hydrogen-bond donors (Lipinski definition) is 2. The molecule has 4 aromatic rings. The first-order valence-electron chi connectivity index (χ1n) is 13.4. The van der Waals surface area contributed by atoms with Crippen molar-refractivity contribution in [3.63, 3.8) is 0 Å². The van der Waals surface area contributed by atoms with Crippen LogP contribution in [0.5, 0.6) is 0 Å². The summed E-state index contributed by atoms with van der Waals surface area (Å²) in [5, 5.41) is 7.91. The molecule has 3 saturated heterocycles. The van der Waals surface area contributed by atoms with E-state index in [9.17, 15) is 4.79 Å². The lowest BCUT2D eigenvalue weighted by molar-refractivity contribution is -0.137. The number of piperidine rings is 1. The summed E-state index contributed by atoms with van der Waals surface area (Å²) >= 11 is 0. The van der Waals surface area contributed by atoms with Crippen molar-refractivity contribution in [2.45, 2.75) is 62.6 Å². The van der Waals surface area contributed by atoms with Crippen molar-refractivity contribution in [2.75, 3.05) is 12.3 Å². The van der Waals surface area contributed by atoms with Crippen molar-refractivity contribution < 1.29 is 4.79 Å². The average Bonchev–Trinajstić information content (AvgIpc) is 3.68. The van der Waals surface area contributed by atoms with Crippen molar-refractivity contribution in [1.82, 2.24) is 29.8 Å². The molecule has 7 rings (SSSR count). The molecular weight excluding hydrogens is 462 g/mol. The molecule has 188 valence electrons. The van der Waals surface area contributed by atoms with E-state index in [1.54, 1.807) is 4.52 Å². The molecule has 0 radical (unpaired) electrons. The molecule has 0 spiro atoms. The number of benzene rings is 1. The van der Waals surface area contributed by atoms with Crippen LogP contribution in [-0.4, -0.2) is 55.1 Å². The van der Waals surface area contributed by atoms with Crippen LogP contribution in [0.15, 0.2) is 60.9 Å². The average molecular weight is 494 g/mol. The van der Waals surface area contributed by atoms with Crippen LogP contribution in [-0.2, 0) is 4.79 Å². The number of nitrogen functional groups attached to an aromatic ring is 1. The van der Waals surface area contributed by atoms with Gasteiger partial charge in [0.15, 0.2) is 5.65 Å². The van der Waals surface area contributed by atoms with E-state index >= 15 is 0 Å². The lowest BCUT2D eigenvalue weighted by Crippen LogP contribution is -2.52. The van der Waals surface area contributed by atoms with E-state index in [-0.39, 0.29) is 24.0 Å². The number of amides is 1. The molecule has 0 unspecified atom stereocenters. The fourth-order valence-electron chi connectivity index (χ4n) is 6.61. The summed E-state index contributed by atoms with van der Waals surface area (Å²) in [7, 11) is 0. The molecule has 8 nitrogen and oxygen atoms in total. The molecule has 8 heteroatoms. The second-order valence-electron chi connectivity index (χ2n) is 10.6. The molecule has 6 heterocycles. The summed E-state index contributed by atoms with van der Waals surface area (Å²) in [6.45, 7) is 0.948. The SMILES string of the molecule is Nc1cc([C@H]2C[C@H]3CC[C@@H](C2)N3C(=O)[C@H]2CCCN2)nc2c(-c3ccc(-c4ccccc4)nc3)cnn12. The highest BCUT2D eigenvalue weighted by molar-refractivity contribution is 5.83. The second-order valence-corrected chi connectivity index (χ2v) is 10.6. The minimum atomic E-state index is 0.000935. The number of hydrogen-bond acceptors (Lipinski definition) is 6. The van der Waals surface area contributed by atoms with Gasteiger partial charge in [0.2, 0.25) is 5.91 Å². The highest BCUT2D eigenvalue weighted by Crippen LogP contribution is 2.44. The number of fused-ring (bicyclic) bond motifs is 3. The standard InChI is InChI=1S/C29H31N7O/c30-27-15-26(20-13-21-9-10-22(14-20)35(21)29(37)25-7-4-12-31-25)34-28-23(17-33-36(27)28)19-8-11-24(32-16-19)18-5-2-1-3-6-18/h1-3,5-6,8,11,15-17,20-22,25,31H,4,7,9-10,12-14,30H2/t20-,21+,22-,25-/m1/s1. The molecule has 3 N–H and O–H groups in total. The predicted octanol–water partition coefficient (Wildman–Crippen LogP) is 4.03. The van der Waals surface area contributed by atoms with Crippen LogP contribution >= 0.6 is 0 Å². The molecular formula is C29H31N7O. The van der Waals surface area contributed by atoms with Crippen molar-refractivity contribution in [2.24, 2.45) is 0 Å². The topological polar surface area (TPSA) is 101 Å². The van der Waals surface area contributed by atoms with Gasteiger partial charge in [-0.1, -0.05) is 36.4 Å². The van der Waals surface area contributed by atoms with E-state index in [0.29, 0.717) is 11.7 Å². The molecule has 3 aromatic heterocycles. The monoisotopic (exact) mass is 493 g/mol. The quantitative estimate of drug-likeness (QED) is 0.445. The summed E-state index contributed by atoms with van der Waals surface area (Å²) in [6, 6.07) is 16.8. The number of anilines is 1. The van der Waals surface area contributed by atoms with Gasteiger partial charge in [0.25, 0.3) is 0 Å². The zero-order chi connectivity index (χ0) is 24.9. The Balaban J connectivity index is 1.17. The maximum Gasteiger partial charge on any atom is 0.240 e. The third kappa shape index (κ3) is 3.87. The summed E-state index contributed by atoms with van der Waals surface area (Å²) in [5.74, 6) is 1.17. The van der Waals surface area contributed by atoms with E-state index < -0.39 is 0 Å². The van der Waals surface area contributed by atoms with Gasteiger partial charge in [-0.05, 0) is 51.1 Å². The van der Waals surface area contributed by atoms with Gasteiger partial charge in [-0.15, -0.1) is 0 Å². The Bertz CT molecular complexity index is 1430. The third-order valence-electron chi connectivity index (χ3n) is 8.43. The van der Waals surface area contributed by atoms with Crippen LogP contribution in [0.1, 0.15) is 50.1 Å². The number of nitrogens with two attached hydrogens (primary N) is 1. The van der Waals surface area contributed by atoms with Crippen molar-refractivity contribution >= 4 is 17.4 Å². The van der Waals surface area contributed by atoms with Gasteiger partial charge in [-0.3, -0.25) is 9.78 Å². The lowest BCUT2D eigenvalue weighted by Gasteiger charge is -2.40. The third-order valence-corrected chi connectivity index (χ3v) is 8.43. The van der Waals surface area contributed by atoms with E-state index in [2.05, 4.69) is 33.5 Å². The molecule has 0 aliphatic carbocycles. The maximum absolute atomic E-state index is 13.2. The Morgan fingerprint density at radius 2 is 1.78 bits per heavy atom. The van der Waals surface area contributed by atoms with E-state index in [4.69, 9.17) is 15.7 Å². The van der Waals surface area contributed by atoms with Crippen molar-refractivity contribution in [3.05, 3.63) is 66.6 Å². The summed E-state index contributed by atoms with van der Waals surface area (Å²) < 4.78 is 1.71. The first-order chi connectivity index (χ1) is 18.2. The lowest BCUT2D eigenvalue weighted by atomic mass is 9.87. The number of pyridine rings is 1. The highest BCUT2D eigenvalue weighted by Gasteiger charge is 2.45. The molecule has 4 atom stereocenters. The van der Waals surface area contributed by atoms with E-state index in [0.717, 1.165) is 78.8 Å². The Hall–Kier alpha value is -3.78. The largest absolute Gasteiger partial charge is 0.384 e. The van der Waals surface area contributed by atoms with Gasteiger partial charge < -0.3 is 16.0 Å². The molecule has 2 bridgehead atoms. The van der Waals surface area contributed by atoms with Gasteiger partial charge in [-0.2, -0.15) is 9.61 Å². The highest BCUT2D eigenvalue weighted by atomic mass is 16.2. The fourth-order valence-corrected chi connectivity index (χ4v) is 6.61. The predicted molar refractivity (Wildman–Crippen MR) is 143 cm³/mol. The molecule has 0 saturated carbocycles. The van der Waals surface area contributed by atoms with Crippen LogP contribution in [0.25, 0.3) is 28.0 Å². The molecule has 3 aliphatic heterocycles. The van der Waals surface area contributed by atoms with Crippen LogP contribution < -0.4 is 11.1 Å². The zero-order valence-corrected chi connectivity index (χ0v) is 20.8. The Morgan fingerprint density at radius 1 is 0.973 bits per heavy atom. The van der Waals surface area contributed by atoms with E-state index in [1.807, 2.05) is 42.7 Å². The zero-order valence-electron chi connectivity index (χ0n) is 20.8. The first kappa shape index (κ1) is 22.4. The normalized spacial score (nSPS) is 25.1. The molecule has 3 fully saturated rings. The molecule has 37 heavy (non-hydrogen) atoms. The molecule has 3 aliphatic rings. The molecule has 1 amide bonds. The minimum Gasteiger partial charge on any atom is -0.384 e. The summed E-state index contributed by atoms with van der Waals surface area (Å²) in [6.07, 6.45) is 9.78. The summed E-state index contributed by atoms with van der Waals surface area (Å²) in [4.78, 5) is 25.2. The number of carbonyl (C=O) groups is 1. The van der Waals surface area contributed by atoms with Gasteiger partial charge in [-0.25, -0.2) is 4.98 Å². The Morgan fingerprint density at radius 3 is 2.49 bits per heavy atom. The van der Waals surface area contributed by atoms with Crippen molar-refractivity contribution in [3.8, 4) is 22.4 Å². The smallest absolute Gasteiger partial charge is 0.240 e. The fraction of sp³-hybridized carbons (Fsp3) is 0.379.